The van der Waals surface area contributed by atoms with E-state index in [0.717, 1.165) is 49.1 Å². The van der Waals surface area contributed by atoms with Gasteiger partial charge < -0.3 is 5.11 Å². The maximum atomic E-state index is 14.4. The number of hydrogen-bond donors (Lipinski definition) is 1. The molecule has 11 heteroatoms. The molecule has 2 aromatic carbocycles. The van der Waals surface area contributed by atoms with E-state index in [2.05, 4.69) is 15.9 Å². The topological polar surface area (TPSA) is 95.0 Å². The molecule has 4 amide bonds. The summed E-state index contributed by atoms with van der Waals surface area (Å²) in [6.45, 7) is 0. The second-order valence-corrected chi connectivity index (χ2v) is 14.4. The van der Waals surface area contributed by atoms with E-state index in [1.54, 1.807) is 12.1 Å². The Labute approximate surface area is 266 Å². The summed E-state index contributed by atoms with van der Waals surface area (Å²) >= 11 is 18.1. The van der Waals surface area contributed by atoms with E-state index in [1.807, 2.05) is 6.08 Å². The van der Waals surface area contributed by atoms with Gasteiger partial charge in [0, 0.05) is 22.0 Å². The van der Waals surface area contributed by atoms with Gasteiger partial charge in [0.25, 0.3) is 11.8 Å². The van der Waals surface area contributed by atoms with Gasteiger partial charge in [0.05, 0.1) is 17.5 Å². The lowest BCUT2D eigenvalue weighted by atomic mass is 9.56. The number of halogens is 4. The average molecular weight is 690 g/mol. The number of aromatic hydroxyl groups is 1. The number of phenolic OH excluding ortho intramolecular Hbond substituents is 1. The molecule has 7 rings (SSSR count). The van der Waals surface area contributed by atoms with Gasteiger partial charge in [-0.1, -0.05) is 46.8 Å². The first kappa shape index (κ1) is 29.0. The zero-order chi connectivity index (χ0) is 30.4. The van der Waals surface area contributed by atoms with Crippen molar-refractivity contribution in [3.63, 3.8) is 0 Å². The standard InChI is InChI=1S/C32H28BrCl2FN2O5/c33-16-6-13-24(39)22(14-16)26-20-11-12-21-25(28(41)37(27(21)40)18-4-2-1-3-5-18)23(20)15-31(34)29(42)38(30(43)32(26,31)35)19-9-7-17(36)8-10-19/h6-11,13-14,18,21,23,25-26,39H,1-5,12,15H2. The molecule has 7 nitrogen and oxygen atoms in total. The monoisotopic (exact) mass is 688 g/mol. The van der Waals surface area contributed by atoms with Gasteiger partial charge in [-0.25, -0.2) is 9.29 Å². The van der Waals surface area contributed by atoms with Gasteiger partial charge in [-0.15, -0.1) is 23.2 Å². The Morgan fingerprint density at radius 3 is 2.30 bits per heavy atom. The number of alkyl halides is 2. The number of likely N-dealkylation sites (tertiary alicyclic amines) is 1. The predicted octanol–water partition coefficient (Wildman–Crippen LogP) is 6.19. The van der Waals surface area contributed by atoms with Crippen molar-refractivity contribution >= 4 is 68.4 Å². The van der Waals surface area contributed by atoms with Crippen LogP contribution in [-0.2, 0) is 19.2 Å². The highest BCUT2D eigenvalue weighted by atomic mass is 79.9. The van der Waals surface area contributed by atoms with E-state index in [1.165, 1.54) is 23.1 Å². The smallest absolute Gasteiger partial charge is 0.258 e. The van der Waals surface area contributed by atoms with Gasteiger partial charge in [0.15, 0.2) is 9.75 Å². The Bertz CT molecular complexity index is 1610. The highest BCUT2D eigenvalue weighted by Crippen LogP contribution is 2.66. The molecule has 2 heterocycles. The van der Waals surface area contributed by atoms with Crippen molar-refractivity contribution in [3.8, 4) is 5.75 Å². The van der Waals surface area contributed by atoms with Crippen molar-refractivity contribution in [3.05, 3.63) is 70.0 Å². The first-order valence-corrected chi connectivity index (χ1v) is 16.1. The summed E-state index contributed by atoms with van der Waals surface area (Å²) in [5.74, 6) is -5.93. The highest BCUT2D eigenvalue weighted by Gasteiger charge is 2.77. The first-order chi connectivity index (χ1) is 20.5. The molecule has 4 fully saturated rings. The number of amides is 4. The molecule has 1 N–H and O–H groups in total. The molecule has 2 aliphatic heterocycles. The molecule has 0 aromatic heterocycles. The van der Waals surface area contributed by atoms with Crippen LogP contribution in [-0.4, -0.2) is 49.4 Å². The minimum Gasteiger partial charge on any atom is -0.508 e. The van der Waals surface area contributed by atoms with Gasteiger partial charge in [-0.05, 0) is 74.1 Å². The summed E-state index contributed by atoms with van der Waals surface area (Å²) in [5.41, 5.74) is 0.981. The summed E-state index contributed by atoms with van der Waals surface area (Å²) in [5, 5.41) is 11.1. The third-order valence-corrected chi connectivity index (χ3v) is 12.1. The van der Waals surface area contributed by atoms with Crippen LogP contribution in [0.1, 0.15) is 56.4 Å². The Morgan fingerprint density at radius 1 is 0.907 bits per heavy atom. The highest BCUT2D eigenvalue weighted by molar-refractivity contribution is 9.10. The van der Waals surface area contributed by atoms with Crippen molar-refractivity contribution in [1.29, 1.82) is 0 Å². The molecule has 0 radical (unpaired) electrons. The van der Waals surface area contributed by atoms with Crippen LogP contribution in [0.15, 0.2) is 58.6 Å². The quantitative estimate of drug-likeness (QED) is 0.236. The maximum absolute atomic E-state index is 14.4. The second kappa shape index (κ2) is 10.1. The van der Waals surface area contributed by atoms with Crippen molar-refractivity contribution in [1.82, 2.24) is 4.90 Å². The minimum atomic E-state index is -2.10. The maximum Gasteiger partial charge on any atom is 0.258 e. The number of rotatable bonds is 3. The summed E-state index contributed by atoms with van der Waals surface area (Å²) in [6, 6.07) is 9.44. The van der Waals surface area contributed by atoms with Crippen LogP contribution in [0.4, 0.5) is 10.1 Å². The summed E-state index contributed by atoms with van der Waals surface area (Å²) in [6.07, 6.45) is 6.45. The van der Waals surface area contributed by atoms with Crippen molar-refractivity contribution in [2.24, 2.45) is 17.8 Å². The molecular weight excluding hydrogens is 662 g/mol. The molecule has 6 unspecified atom stereocenters. The molecule has 6 atom stereocenters. The van der Waals surface area contributed by atoms with Crippen LogP contribution < -0.4 is 4.90 Å². The van der Waals surface area contributed by atoms with Crippen LogP contribution in [0.25, 0.3) is 0 Å². The lowest BCUT2D eigenvalue weighted by molar-refractivity contribution is -0.143. The van der Waals surface area contributed by atoms with Crippen LogP contribution in [0, 0.1) is 23.6 Å². The first-order valence-electron chi connectivity index (χ1n) is 14.6. The number of carbonyl (C=O) groups excluding carboxylic acids is 4. The fourth-order valence-corrected chi connectivity index (χ4v) is 9.53. The number of fused-ring (bicyclic) bond motifs is 4. The Balaban J connectivity index is 1.39. The molecule has 2 saturated heterocycles. The lowest BCUT2D eigenvalue weighted by Gasteiger charge is -2.50. The fourth-order valence-electron chi connectivity index (χ4n) is 8.22. The molecule has 2 aromatic rings. The molecule has 3 aliphatic carbocycles. The molecule has 43 heavy (non-hydrogen) atoms. The third-order valence-electron chi connectivity index (χ3n) is 10.2. The van der Waals surface area contributed by atoms with Crippen LogP contribution in [0.2, 0.25) is 0 Å². The van der Waals surface area contributed by atoms with Crippen LogP contribution >= 0.6 is 39.1 Å². The molecule has 0 spiro atoms. The van der Waals surface area contributed by atoms with Gasteiger partial charge in [0.1, 0.15) is 11.6 Å². The van der Waals surface area contributed by atoms with Gasteiger partial charge >= 0.3 is 0 Å². The molecule has 224 valence electrons. The van der Waals surface area contributed by atoms with Gasteiger partial charge in [-0.3, -0.25) is 24.1 Å². The van der Waals surface area contributed by atoms with Crippen LogP contribution in [0.3, 0.4) is 0 Å². The van der Waals surface area contributed by atoms with E-state index >= 15 is 0 Å². The van der Waals surface area contributed by atoms with Gasteiger partial charge in [0.2, 0.25) is 11.8 Å². The van der Waals surface area contributed by atoms with Gasteiger partial charge in [-0.2, -0.15) is 0 Å². The molecule has 5 aliphatic rings. The van der Waals surface area contributed by atoms with E-state index in [9.17, 15) is 28.7 Å². The number of phenols is 1. The predicted molar refractivity (Wildman–Crippen MR) is 161 cm³/mol. The number of allylic oxidation sites excluding steroid dienone is 2. The number of carbonyl (C=O) groups is 4. The zero-order valence-electron chi connectivity index (χ0n) is 22.9. The number of hydrogen-bond acceptors (Lipinski definition) is 5. The van der Waals surface area contributed by atoms with E-state index in [-0.39, 0.29) is 47.7 Å². The lowest BCUT2D eigenvalue weighted by Crippen LogP contribution is -2.60. The van der Waals surface area contributed by atoms with Crippen molar-refractivity contribution in [2.45, 2.75) is 66.7 Å². The number of anilines is 1. The fraction of sp³-hybridized carbons (Fsp3) is 0.438. The third kappa shape index (κ3) is 3.96. The normalized spacial score (nSPS) is 34.3. The van der Waals surface area contributed by atoms with Crippen molar-refractivity contribution < 1.29 is 28.7 Å². The van der Waals surface area contributed by atoms with E-state index < -0.39 is 51.1 Å². The molecule has 0 bridgehead atoms. The summed E-state index contributed by atoms with van der Waals surface area (Å²) < 4.78 is 14.4. The summed E-state index contributed by atoms with van der Waals surface area (Å²) in [7, 11) is 0. The minimum absolute atomic E-state index is 0.105. The average Bonchev–Trinajstić information content (AvgIpc) is 3.33. The van der Waals surface area contributed by atoms with E-state index in [0.29, 0.717) is 10.0 Å². The Hall–Kier alpha value is -2.75. The molecular formula is C32H28BrCl2FN2O5. The molecule has 2 saturated carbocycles. The SMILES string of the molecule is O=C1C2CC=C3C(CC4(Cl)C(=O)N(c5ccc(F)cc5)C(=O)C4(Cl)C3c3cc(Br)ccc3O)C2C(=O)N1C1CCCCC1. The number of imide groups is 2. The van der Waals surface area contributed by atoms with E-state index in [4.69, 9.17) is 23.2 Å². The number of nitrogens with zero attached hydrogens (tertiary/aromatic N) is 2. The largest absolute Gasteiger partial charge is 0.508 e. The Kier molecular flexibility index (Phi) is 6.84. The van der Waals surface area contributed by atoms with Crippen LogP contribution in [0.5, 0.6) is 5.75 Å². The second-order valence-electron chi connectivity index (χ2n) is 12.3. The van der Waals surface area contributed by atoms with Crippen molar-refractivity contribution in [2.75, 3.05) is 4.90 Å². The number of benzene rings is 2. The zero-order valence-corrected chi connectivity index (χ0v) is 26.0. The Morgan fingerprint density at radius 2 is 1.60 bits per heavy atom. The summed E-state index contributed by atoms with van der Waals surface area (Å²) in [4.78, 5) is 54.7.